The Labute approximate surface area is 108 Å². The molecule has 1 saturated heterocycles. The van der Waals surface area contributed by atoms with Crippen LogP contribution in [-0.2, 0) is 6.42 Å². The van der Waals surface area contributed by atoms with E-state index in [2.05, 4.69) is 6.92 Å². The Kier molecular flexibility index (Phi) is 2.67. The van der Waals surface area contributed by atoms with E-state index < -0.39 is 0 Å². The van der Waals surface area contributed by atoms with Crippen molar-refractivity contribution in [1.29, 1.82) is 0 Å². The molecule has 0 atom stereocenters. The molecule has 1 amide bonds. The summed E-state index contributed by atoms with van der Waals surface area (Å²) in [6, 6.07) is 7.91. The fourth-order valence-electron chi connectivity index (χ4n) is 2.79. The predicted molar refractivity (Wildman–Crippen MR) is 71.4 cm³/mol. The number of likely N-dealkylation sites (tertiary alicyclic amines) is 1. The molecule has 3 nitrogen and oxygen atoms in total. The van der Waals surface area contributed by atoms with Crippen molar-refractivity contribution in [1.82, 2.24) is 4.90 Å². The van der Waals surface area contributed by atoms with Gasteiger partial charge in [-0.3, -0.25) is 4.79 Å². The van der Waals surface area contributed by atoms with Gasteiger partial charge in [0.2, 0.25) is 0 Å². The molecular weight excluding hydrogens is 224 g/mol. The summed E-state index contributed by atoms with van der Waals surface area (Å²) in [5.41, 5.74) is 8.23. The van der Waals surface area contributed by atoms with Crippen molar-refractivity contribution in [2.45, 2.75) is 31.7 Å². The van der Waals surface area contributed by atoms with E-state index >= 15 is 0 Å². The highest BCUT2D eigenvalue weighted by Crippen LogP contribution is 2.43. The fraction of sp³-hybridized carbons (Fsp3) is 0.533. The van der Waals surface area contributed by atoms with Crippen LogP contribution < -0.4 is 5.73 Å². The van der Waals surface area contributed by atoms with Crippen molar-refractivity contribution >= 4 is 5.91 Å². The molecule has 0 aromatic heterocycles. The maximum atomic E-state index is 12.2. The normalized spacial score (nSPS) is 21.6. The summed E-state index contributed by atoms with van der Waals surface area (Å²) in [6.07, 6.45) is 3.49. The van der Waals surface area contributed by atoms with Gasteiger partial charge in [0.15, 0.2) is 0 Å². The van der Waals surface area contributed by atoms with Gasteiger partial charge in [-0.2, -0.15) is 0 Å². The molecule has 96 valence electrons. The van der Waals surface area contributed by atoms with Gasteiger partial charge in [0.25, 0.3) is 5.91 Å². The third-order valence-corrected chi connectivity index (χ3v) is 4.26. The molecule has 0 unspecified atom stereocenters. The number of benzene rings is 1. The summed E-state index contributed by atoms with van der Waals surface area (Å²) in [7, 11) is 0. The monoisotopic (exact) mass is 244 g/mol. The van der Waals surface area contributed by atoms with Crippen LogP contribution in [0, 0.1) is 5.92 Å². The largest absolute Gasteiger partial charge is 0.335 e. The van der Waals surface area contributed by atoms with Crippen molar-refractivity contribution in [3.63, 3.8) is 0 Å². The fourth-order valence-corrected chi connectivity index (χ4v) is 2.79. The van der Waals surface area contributed by atoms with Gasteiger partial charge in [-0.1, -0.05) is 19.1 Å². The summed E-state index contributed by atoms with van der Waals surface area (Å²) in [5, 5.41) is 0. The number of aryl methyl sites for hydroxylation is 1. The molecule has 1 saturated carbocycles. The first kappa shape index (κ1) is 11.7. The van der Waals surface area contributed by atoms with E-state index in [0.717, 1.165) is 25.1 Å². The molecule has 1 heterocycles. The van der Waals surface area contributed by atoms with E-state index in [1.165, 1.54) is 18.4 Å². The van der Waals surface area contributed by atoms with Gasteiger partial charge in [0.05, 0.1) is 5.54 Å². The summed E-state index contributed by atoms with van der Waals surface area (Å²) in [6.45, 7) is 3.57. The zero-order valence-corrected chi connectivity index (χ0v) is 10.9. The number of carbonyl (C=O) groups is 1. The zero-order valence-electron chi connectivity index (χ0n) is 10.9. The van der Waals surface area contributed by atoms with Crippen LogP contribution in [0.15, 0.2) is 24.3 Å². The molecule has 1 aliphatic heterocycles. The van der Waals surface area contributed by atoms with Gasteiger partial charge in [-0.25, -0.2) is 0 Å². The Morgan fingerprint density at radius 1 is 1.33 bits per heavy atom. The second-order valence-corrected chi connectivity index (χ2v) is 5.72. The number of hydrogen-bond donors (Lipinski definition) is 1. The van der Waals surface area contributed by atoms with Gasteiger partial charge in [-0.15, -0.1) is 0 Å². The van der Waals surface area contributed by atoms with E-state index in [1.807, 2.05) is 29.2 Å². The number of amides is 1. The van der Waals surface area contributed by atoms with Crippen LogP contribution in [0.2, 0.25) is 0 Å². The molecule has 18 heavy (non-hydrogen) atoms. The number of carbonyl (C=O) groups excluding carboxylic acids is 1. The van der Waals surface area contributed by atoms with Crippen molar-refractivity contribution in [2.24, 2.45) is 11.7 Å². The van der Waals surface area contributed by atoms with Crippen LogP contribution in [0.5, 0.6) is 0 Å². The Balaban J connectivity index is 1.64. The first-order valence-electron chi connectivity index (χ1n) is 6.79. The number of rotatable bonds is 3. The summed E-state index contributed by atoms with van der Waals surface area (Å²) in [5.74, 6) is 0.781. The highest BCUT2D eigenvalue weighted by molar-refractivity contribution is 5.95. The van der Waals surface area contributed by atoms with Gasteiger partial charge in [0, 0.05) is 18.7 Å². The molecule has 1 aromatic carbocycles. The van der Waals surface area contributed by atoms with Crippen molar-refractivity contribution in [2.75, 3.05) is 13.1 Å². The maximum absolute atomic E-state index is 12.2. The topological polar surface area (TPSA) is 46.3 Å². The Bertz CT molecular complexity index is 456. The van der Waals surface area contributed by atoms with E-state index in [4.69, 9.17) is 5.73 Å². The number of nitrogens with zero attached hydrogens (tertiary/aromatic N) is 1. The van der Waals surface area contributed by atoms with Crippen molar-refractivity contribution < 1.29 is 4.79 Å². The molecule has 1 aliphatic carbocycles. The van der Waals surface area contributed by atoms with Crippen LogP contribution >= 0.6 is 0 Å². The van der Waals surface area contributed by atoms with E-state index in [9.17, 15) is 4.79 Å². The second kappa shape index (κ2) is 4.09. The lowest BCUT2D eigenvalue weighted by atomic mass is 9.85. The average molecular weight is 244 g/mol. The van der Waals surface area contributed by atoms with Crippen LogP contribution in [0.4, 0.5) is 0 Å². The highest BCUT2D eigenvalue weighted by atomic mass is 16.2. The minimum atomic E-state index is -0.0843. The molecule has 3 heteroatoms. The molecular formula is C15H20N2O. The minimum Gasteiger partial charge on any atom is -0.335 e. The lowest BCUT2D eigenvalue weighted by molar-refractivity contribution is 0.0350. The molecule has 3 rings (SSSR count). The quantitative estimate of drug-likeness (QED) is 0.881. The van der Waals surface area contributed by atoms with E-state index in [-0.39, 0.29) is 11.4 Å². The average Bonchev–Trinajstić information content (AvgIpc) is 3.19. The smallest absolute Gasteiger partial charge is 0.253 e. The van der Waals surface area contributed by atoms with Crippen LogP contribution in [0.25, 0.3) is 0 Å². The molecule has 0 radical (unpaired) electrons. The van der Waals surface area contributed by atoms with Gasteiger partial charge >= 0.3 is 0 Å². The first-order chi connectivity index (χ1) is 8.62. The summed E-state index contributed by atoms with van der Waals surface area (Å²) >= 11 is 0. The third-order valence-electron chi connectivity index (χ3n) is 4.26. The first-order valence-corrected chi connectivity index (χ1v) is 6.79. The Hall–Kier alpha value is -1.35. The highest BCUT2D eigenvalue weighted by Gasteiger charge is 2.51. The van der Waals surface area contributed by atoms with Crippen LogP contribution in [0.1, 0.15) is 35.7 Å². The summed E-state index contributed by atoms with van der Waals surface area (Å²) < 4.78 is 0. The van der Waals surface area contributed by atoms with Gasteiger partial charge in [0.1, 0.15) is 0 Å². The lowest BCUT2D eigenvalue weighted by Crippen LogP contribution is -2.69. The standard InChI is InChI=1S/C15H20N2O/c1-2-11-3-5-12(6-4-11)14(18)17-9-15(16,10-17)13-7-8-13/h3-6,13H,2,7-10,16H2,1H3. The maximum Gasteiger partial charge on any atom is 0.253 e. The minimum absolute atomic E-state index is 0.0843. The van der Waals surface area contributed by atoms with Gasteiger partial charge < -0.3 is 10.6 Å². The Morgan fingerprint density at radius 2 is 1.94 bits per heavy atom. The summed E-state index contributed by atoms with van der Waals surface area (Å²) in [4.78, 5) is 14.1. The molecule has 2 fully saturated rings. The van der Waals surface area contributed by atoms with Crippen molar-refractivity contribution in [3.8, 4) is 0 Å². The van der Waals surface area contributed by atoms with Gasteiger partial charge in [-0.05, 0) is 42.9 Å². The third kappa shape index (κ3) is 1.93. The zero-order chi connectivity index (χ0) is 12.8. The molecule has 0 spiro atoms. The lowest BCUT2D eigenvalue weighted by Gasteiger charge is -2.48. The van der Waals surface area contributed by atoms with Crippen LogP contribution in [0.3, 0.4) is 0 Å². The predicted octanol–water partition coefficient (Wildman–Crippen LogP) is 1.81. The number of nitrogens with two attached hydrogens (primary N) is 1. The Morgan fingerprint density at radius 3 is 2.44 bits per heavy atom. The van der Waals surface area contributed by atoms with Crippen molar-refractivity contribution in [3.05, 3.63) is 35.4 Å². The van der Waals surface area contributed by atoms with Crippen LogP contribution in [-0.4, -0.2) is 29.4 Å². The second-order valence-electron chi connectivity index (χ2n) is 5.72. The van der Waals surface area contributed by atoms with E-state index in [1.54, 1.807) is 0 Å². The van der Waals surface area contributed by atoms with E-state index in [0.29, 0.717) is 5.92 Å². The molecule has 1 aromatic rings. The molecule has 2 N–H and O–H groups in total. The molecule has 2 aliphatic rings. The SMILES string of the molecule is CCc1ccc(C(=O)N2CC(N)(C3CC3)C2)cc1. The number of hydrogen-bond acceptors (Lipinski definition) is 2. The molecule has 0 bridgehead atoms.